The SMILES string of the molecule is CC1(C)CN(c2ccc(C#N)c(C(F)(F)F)c2)CCC1N. The fourth-order valence-corrected chi connectivity index (χ4v) is 2.66. The highest BCUT2D eigenvalue weighted by molar-refractivity contribution is 5.55. The van der Waals surface area contributed by atoms with Gasteiger partial charge in [0.25, 0.3) is 0 Å². The molecular formula is C15H18F3N3. The predicted molar refractivity (Wildman–Crippen MR) is 74.7 cm³/mol. The van der Waals surface area contributed by atoms with Gasteiger partial charge in [-0.2, -0.15) is 18.4 Å². The van der Waals surface area contributed by atoms with Crippen LogP contribution in [0.4, 0.5) is 18.9 Å². The van der Waals surface area contributed by atoms with E-state index in [0.717, 1.165) is 12.5 Å². The molecule has 0 aromatic heterocycles. The van der Waals surface area contributed by atoms with Crippen molar-refractivity contribution in [2.75, 3.05) is 18.0 Å². The molecule has 0 amide bonds. The van der Waals surface area contributed by atoms with Crippen molar-refractivity contribution in [2.24, 2.45) is 11.1 Å². The van der Waals surface area contributed by atoms with E-state index in [1.807, 2.05) is 18.7 Å². The van der Waals surface area contributed by atoms with E-state index in [0.29, 0.717) is 18.8 Å². The summed E-state index contributed by atoms with van der Waals surface area (Å²) in [6, 6.07) is 5.50. The monoisotopic (exact) mass is 297 g/mol. The molecule has 2 rings (SSSR count). The van der Waals surface area contributed by atoms with E-state index in [-0.39, 0.29) is 17.0 Å². The minimum Gasteiger partial charge on any atom is -0.371 e. The molecule has 1 unspecified atom stereocenters. The van der Waals surface area contributed by atoms with Crippen molar-refractivity contribution in [1.82, 2.24) is 0 Å². The molecule has 1 aromatic rings. The van der Waals surface area contributed by atoms with E-state index < -0.39 is 11.7 Å². The Hall–Kier alpha value is -1.74. The molecular weight excluding hydrogens is 279 g/mol. The number of benzene rings is 1. The Morgan fingerprint density at radius 3 is 2.57 bits per heavy atom. The van der Waals surface area contributed by atoms with Crippen molar-refractivity contribution in [3.63, 3.8) is 0 Å². The highest BCUT2D eigenvalue weighted by Crippen LogP contribution is 2.36. The van der Waals surface area contributed by atoms with Crippen LogP contribution in [0.25, 0.3) is 0 Å². The molecule has 1 aliphatic heterocycles. The van der Waals surface area contributed by atoms with E-state index in [1.165, 1.54) is 6.07 Å². The van der Waals surface area contributed by atoms with E-state index in [4.69, 9.17) is 11.0 Å². The van der Waals surface area contributed by atoms with Gasteiger partial charge in [-0.25, -0.2) is 0 Å². The van der Waals surface area contributed by atoms with E-state index in [1.54, 1.807) is 12.1 Å². The molecule has 0 saturated carbocycles. The first-order valence-corrected chi connectivity index (χ1v) is 6.77. The molecule has 21 heavy (non-hydrogen) atoms. The lowest BCUT2D eigenvalue weighted by molar-refractivity contribution is -0.137. The molecule has 0 bridgehead atoms. The first-order chi connectivity index (χ1) is 9.65. The van der Waals surface area contributed by atoms with Gasteiger partial charge in [-0.1, -0.05) is 13.8 Å². The molecule has 1 atom stereocenters. The summed E-state index contributed by atoms with van der Waals surface area (Å²) < 4.78 is 39.0. The summed E-state index contributed by atoms with van der Waals surface area (Å²) in [7, 11) is 0. The second-order valence-corrected chi connectivity index (χ2v) is 6.14. The summed E-state index contributed by atoms with van der Waals surface area (Å²) in [4.78, 5) is 1.90. The maximum absolute atomic E-state index is 13.0. The molecule has 1 saturated heterocycles. The van der Waals surface area contributed by atoms with Gasteiger partial charge < -0.3 is 10.6 Å². The smallest absolute Gasteiger partial charge is 0.371 e. The van der Waals surface area contributed by atoms with Gasteiger partial charge in [0.15, 0.2) is 0 Å². The molecule has 0 aliphatic carbocycles. The number of nitrogens with two attached hydrogens (primary N) is 1. The van der Waals surface area contributed by atoms with Crippen molar-refractivity contribution >= 4 is 5.69 Å². The average Bonchev–Trinajstić information content (AvgIpc) is 2.40. The lowest BCUT2D eigenvalue weighted by Gasteiger charge is -2.43. The minimum atomic E-state index is -4.53. The number of anilines is 1. The predicted octanol–water partition coefficient (Wildman–Crippen LogP) is 3.14. The van der Waals surface area contributed by atoms with Crippen LogP contribution < -0.4 is 10.6 Å². The Bertz CT molecular complexity index is 573. The molecule has 1 aromatic carbocycles. The first-order valence-electron chi connectivity index (χ1n) is 6.77. The van der Waals surface area contributed by atoms with Crippen molar-refractivity contribution in [3.8, 4) is 6.07 Å². The van der Waals surface area contributed by atoms with Gasteiger partial charge in [0.05, 0.1) is 17.2 Å². The zero-order chi connectivity index (χ0) is 15.8. The number of rotatable bonds is 1. The summed E-state index contributed by atoms with van der Waals surface area (Å²) in [6.07, 6.45) is -3.79. The molecule has 114 valence electrons. The van der Waals surface area contributed by atoms with Crippen LogP contribution in [0, 0.1) is 16.7 Å². The fraction of sp³-hybridized carbons (Fsp3) is 0.533. The molecule has 1 heterocycles. The summed E-state index contributed by atoms with van der Waals surface area (Å²) >= 11 is 0. The number of alkyl halides is 3. The number of piperidine rings is 1. The molecule has 2 N–H and O–H groups in total. The Labute approximate surface area is 122 Å². The van der Waals surface area contributed by atoms with E-state index in [2.05, 4.69) is 0 Å². The zero-order valence-electron chi connectivity index (χ0n) is 12.0. The summed E-state index contributed by atoms with van der Waals surface area (Å²) in [6.45, 7) is 5.24. The van der Waals surface area contributed by atoms with E-state index >= 15 is 0 Å². The van der Waals surface area contributed by atoms with Gasteiger partial charge in [0.1, 0.15) is 0 Å². The van der Waals surface area contributed by atoms with Crippen LogP contribution in [0.2, 0.25) is 0 Å². The maximum atomic E-state index is 13.0. The number of halogens is 3. The Morgan fingerprint density at radius 1 is 1.38 bits per heavy atom. The van der Waals surface area contributed by atoms with Gasteiger partial charge in [0, 0.05) is 24.8 Å². The Balaban J connectivity index is 2.36. The second kappa shape index (κ2) is 5.23. The number of hydrogen-bond donors (Lipinski definition) is 1. The minimum absolute atomic E-state index is 0.0363. The quantitative estimate of drug-likeness (QED) is 0.866. The van der Waals surface area contributed by atoms with Gasteiger partial charge in [-0.15, -0.1) is 0 Å². The van der Waals surface area contributed by atoms with Gasteiger partial charge in [-0.3, -0.25) is 0 Å². The maximum Gasteiger partial charge on any atom is 0.417 e. The van der Waals surface area contributed by atoms with Crippen LogP contribution in [0.5, 0.6) is 0 Å². The molecule has 0 spiro atoms. The average molecular weight is 297 g/mol. The fourth-order valence-electron chi connectivity index (χ4n) is 2.66. The third kappa shape index (κ3) is 3.13. The standard InChI is InChI=1S/C15H18F3N3/c1-14(2)9-21(6-5-13(14)20)11-4-3-10(8-19)12(7-11)15(16,17)18/h3-4,7,13H,5-6,9,20H2,1-2H3. The summed E-state index contributed by atoms with van der Waals surface area (Å²) in [5, 5.41) is 8.82. The third-order valence-corrected chi connectivity index (χ3v) is 4.11. The molecule has 0 radical (unpaired) electrons. The van der Waals surface area contributed by atoms with Crippen LogP contribution in [0.15, 0.2) is 18.2 Å². The number of hydrogen-bond acceptors (Lipinski definition) is 3. The van der Waals surface area contributed by atoms with Crippen molar-refractivity contribution in [1.29, 1.82) is 5.26 Å². The van der Waals surface area contributed by atoms with Crippen LogP contribution in [0.3, 0.4) is 0 Å². The molecule has 1 aliphatic rings. The molecule has 3 nitrogen and oxygen atoms in total. The van der Waals surface area contributed by atoms with Crippen LogP contribution in [-0.2, 0) is 6.18 Å². The first kappa shape index (κ1) is 15.6. The topological polar surface area (TPSA) is 53.0 Å². The Kier molecular flexibility index (Phi) is 3.89. The lowest BCUT2D eigenvalue weighted by atomic mass is 9.79. The van der Waals surface area contributed by atoms with Crippen molar-refractivity contribution in [3.05, 3.63) is 29.3 Å². The normalized spacial score (nSPS) is 22.0. The summed E-state index contributed by atoms with van der Waals surface area (Å²) in [5.41, 5.74) is 5.15. The second-order valence-electron chi connectivity index (χ2n) is 6.14. The molecule has 6 heteroatoms. The van der Waals surface area contributed by atoms with Crippen LogP contribution in [0.1, 0.15) is 31.4 Å². The Morgan fingerprint density at radius 2 is 2.05 bits per heavy atom. The molecule has 1 fully saturated rings. The van der Waals surface area contributed by atoms with Gasteiger partial charge in [0.2, 0.25) is 0 Å². The van der Waals surface area contributed by atoms with Crippen molar-refractivity contribution < 1.29 is 13.2 Å². The summed E-state index contributed by atoms with van der Waals surface area (Å²) in [5.74, 6) is 0. The van der Waals surface area contributed by atoms with Gasteiger partial charge >= 0.3 is 6.18 Å². The highest BCUT2D eigenvalue weighted by atomic mass is 19.4. The highest BCUT2D eigenvalue weighted by Gasteiger charge is 2.36. The van der Waals surface area contributed by atoms with Crippen molar-refractivity contribution in [2.45, 2.75) is 32.5 Å². The number of nitrogens with zero attached hydrogens (tertiary/aromatic N) is 2. The van der Waals surface area contributed by atoms with E-state index in [9.17, 15) is 13.2 Å². The zero-order valence-corrected chi connectivity index (χ0v) is 12.0. The number of nitriles is 1. The largest absolute Gasteiger partial charge is 0.417 e. The van der Waals surface area contributed by atoms with Crippen LogP contribution in [-0.4, -0.2) is 19.1 Å². The van der Waals surface area contributed by atoms with Gasteiger partial charge in [-0.05, 0) is 30.0 Å². The third-order valence-electron chi connectivity index (χ3n) is 4.11. The van der Waals surface area contributed by atoms with Crippen LogP contribution >= 0.6 is 0 Å². The lowest BCUT2D eigenvalue weighted by Crippen LogP contribution is -2.52.